The summed E-state index contributed by atoms with van der Waals surface area (Å²) in [6, 6.07) is 7.34. The number of aliphatic hydroxyl groups is 1. The Hall–Kier alpha value is -1.50. The molecule has 2 fully saturated rings. The summed E-state index contributed by atoms with van der Waals surface area (Å²) >= 11 is 0. The Morgan fingerprint density at radius 2 is 2.17 bits per heavy atom. The van der Waals surface area contributed by atoms with Gasteiger partial charge in [0.1, 0.15) is 11.4 Å². The lowest BCUT2D eigenvalue weighted by molar-refractivity contribution is -0.0839. The SMILES string of the molecule is C#C[C@]1(O)CC[C@@H]2N3CCc4cc(OC)ccc4[C@@H]3CC[C@]21C. The molecule has 1 saturated heterocycles. The molecule has 0 spiro atoms. The van der Waals surface area contributed by atoms with Gasteiger partial charge >= 0.3 is 0 Å². The van der Waals surface area contributed by atoms with Crippen LogP contribution >= 0.6 is 0 Å². The van der Waals surface area contributed by atoms with Gasteiger partial charge in [-0.2, -0.15) is 0 Å². The highest BCUT2D eigenvalue weighted by molar-refractivity contribution is 5.40. The molecule has 1 N–H and O–H groups in total. The van der Waals surface area contributed by atoms with Crippen molar-refractivity contribution in [2.24, 2.45) is 5.41 Å². The van der Waals surface area contributed by atoms with Gasteiger partial charge in [0.05, 0.1) is 7.11 Å². The van der Waals surface area contributed by atoms with Crippen molar-refractivity contribution in [2.75, 3.05) is 13.7 Å². The van der Waals surface area contributed by atoms with Crippen molar-refractivity contribution in [1.29, 1.82) is 0 Å². The number of hydrogen-bond acceptors (Lipinski definition) is 3. The lowest BCUT2D eigenvalue weighted by Gasteiger charge is -2.54. The molecule has 2 heterocycles. The molecule has 4 atom stereocenters. The van der Waals surface area contributed by atoms with Gasteiger partial charge < -0.3 is 9.84 Å². The zero-order chi connectivity index (χ0) is 16.2. The number of fused-ring (bicyclic) bond motifs is 5. The van der Waals surface area contributed by atoms with Crippen molar-refractivity contribution in [3.63, 3.8) is 0 Å². The molecule has 3 heteroatoms. The predicted octanol–water partition coefficient (Wildman–Crippen LogP) is 2.92. The third kappa shape index (κ3) is 1.92. The minimum atomic E-state index is -0.942. The van der Waals surface area contributed by atoms with E-state index in [-0.39, 0.29) is 5.41 Å². The highest BCUT2D eigenvalue weighted by Gasteiger charge is 2.60. The first-order valence-electron chi connectivity index (χ1n) is 8.65. The smallest absolute Gasteiger partial charge is 0.132 e. The van der Waals surface area contributed by atoms with Crippen molar-refractivity contribution in [1.82, 2.24) is 4.90 Å². The number of methoxy groups -OCH3 is 1. The van der Waals surface area contributed by atoms with E-state index in [9.17, 15) is 5.11 Å². The van der Waals surface area contributed by atoms with Gasteiger partial charge in [-0.3, -0.25) is 4.90 Å². The molecule has 0 unspecified atom stereocenters. The molecular weight excluding hydrogens is 286 g/mol. The van der Waals surface area contributed by atoms with Crippen LogP contribution < -0.4 is 4.74 Å². The van der Waals surface area contributed by atoms with Crippen LogP contribution in [-0.2, 0) is 6.42 Å². The van der Waals surface area contributed by atoms with Gasteiger partial charge in [0.15, 0.2) is 0 Å². The molecule has 122 valence electrons. The first kappa shape index (κ1) is 15.1. The topological polar surface area (TPSA) is 32.7 Å². The van der Waals surface area contributed by atoms with Gasteiger partial charge in [0.2, 0.25) is 0 Å². The minimum absolute atomic E-state index is 0.178. The second-order valence-electron chi connectivity index (χ2n) is 7.58. The van der Waals surface area contributed by atoms with E-state index in [2.05, 4.69) is 35.9 Å². The molecular formula is C20H25NO2. The second kappa shape index (κ2) is 5.00. The second-order valence-corrected chi connectivity index (χ2v) is 7.58. The molecule has 1 aromatic rings. The van der Waals surface area contributed by atoms with E-state index in [1.807, 2.05) is 0 Å². The molecule has 23 heavy (non-hydrogen) atoms. The molecule has 0 radical (unpaired) electrons. The first-order chi connectivity index (χ1) is 11.0. The van der Waals surface area contributed by atoms with Gasteiger partial charge in [-0.25, -0.2) is 0 Å². The fourth-order valence-corrected chi connectivity index (χ4v) is 5.33. The van der Waals surface area contributed by atoms with Crippen LogP contribution in [0.25, 0.3) is 0 Å². The fraction of sp³-hybridized carbons (Fsp3) is 0.600. The highest BCUT2D eigenvalue weighted by Crippen LogP contribution is 2.58. The number of terminal acetylenes is 1. The van der Waals surface area contributed by atoms with Crippen LogP contribution in [0.4, 0.5) is 0 Å². The van der Waals surface area contributed by atoms with E-state index in [1.165, 1.54) is 11.1 Å². The highest BCUT2D eigenvalue weighted by atomic mass is 16.5. The molecule has 3 aliphatic rings. The van der Waals surface area contributed by atoms with Gasteiger partial charge in [0.25, 0.3) is 0 Å². The summed E-state index contributed by atoms with van der Waals surface area (Å²) in [5.74, 6) is 3.67. The van der Waals surface area contributed by atoms with Crippen LogP contribution in [0.15, 0.2) is 18.2 Å². The Balaban J connectivity index is 1.70. The van der Waals surface area contributed by atoms with Crippen molar-refractivity contribution >= 4 is 0 Å². The van der Waals surface area contributed by atoms with Crippen LogP contribution in [0.1, 0.15) is 49.8 Å². The lowest BCUT2D eigenvalue weighted by atomic mass is 9.66. The summed E-state index contributed by atoms with van der Waals surface area (Å²) < 4.78 is 5.37. The Kier molecular flexibility index (Phi) is 3.27. The fourth-order valence-electron chi connectivity index (χ4n) is 5.33. The zero-order valence-corrected chi connectivity index (χ0v) is 14.0. The van der Waals surface area contributed by atoms with Gasteiger partial charge in [0, 0.05) is 24.0 Å². The van der Waals surface area contributed by atoms with E-state index < -0.39 is 5.60 Å². The van der Waals surface area contributed by atoms with Gasteiger partial charge in [-0.05, 0) is 55.4 Å². The van der Waals surface area contributed by atoms with E-state index in [0.29, 0.717) is 12.1 Å². The Bertz CT molecular complexity index is 679. The third-order valence-corrected chi connectivity index (χ3v) is 6.78. The predicted molar refractivity (Wildman–Crippen MR) is 90.3 cm³/mol. The third-order valence-electron chi connectivity index (χ3n) is 6.78. The van der Waals surface area contributed by atoms with Crippen LogP contribution in [0.5, 0.6) is 5.75 Å². The number of hydrogen-bond donors (Lipinski definition) is 1. The number of piperidine rings is 1. The van der Waals surface area contributed by atoms with Crippen molar-refractivity contribution in [2.45, 2.75) is 56.7 Å². The number of rotatable bonds is 1. The summed E-state index contributed by atoms with van der Waals surface area (Å²) in [5.41, 5.74) is 1.74. The number of benzene rings is 1. The van der Waals surface area contributed by atoms with Gasteiger partial charge in [-0.15, -0.1) is 6.42 Å². The summed E-state index contributed by atoms with van der Waals surface area (Å²) in [4.78, 5) is 2.62. The average molecular weight is 311 g/mol. The molecule has 0 amide bonds. The summed E-state index contributed by atoms with van der Waals surface area (Å²) in [6.07, 6.45) is 10.5. The lowest BCUT2D eigenvalue weighted by Crippen LogP contribution is -2.57. The number of ether oxygens (including phenoxy) is 1. The maximum Gasteiger partial charge on any atom is 0.132 e. The minimum Gasteiger partial charge on any atom is -0.497 e. The van der Waals surface area contributed by atoms with Crippen LogP contribution in [0.2, 0.25) is 0 Å². The summed E-state index contributed by atoms with van der Waals surface area (Å²) in [6.45, 7) is 3.25. The first-order valence-corrected chi connectivity index (χ1v) is 8.65. The molecule has 0 bridgehead atoms. The molecule has 1 saturated carbocycles. The molecule has 4 rings (SSSR count). The Morgan fingerprint density at radius 3 is 2.91 bits per heavy atom. The summed E-state index contributed by atoms with van der Waals surface area (Å²) in [5, 5.41) is 10.9. The maximum atomic E-state index is 10.9. The van der Waals surface area contributed by atoms with E-state index in [1.54, 1.807) is 7.11 Å². The number of nitrogens with zero attached hydrogens (tertiary/aromatic N) is 1. The quantitative estimate of drug-likeness (QED) is 0.810. The normalized spacial score (nSPS) is 39.0. The molecule has 1 aromatic carbocycles. The molecule has 0 aromatic heterocycles. The molecule has 1 aliphatic carbocycles. The van der Waals surface area contributed by atoms with Crippen molar-refractivity contribution in [3.05, 3.63) is 29.3 Å². The van der Waals surface area contributed by atoms with Crippen LogP contribution in [0.3, 0.4) is 0 Å². The van der Waals surface area contributed by atoms with E-state index in [0.717, 1.165) is 44.4 Å². The van der Waals surface area contributed by atoms with Crippen LogP contribution in [0, 0.1) is 17.8 Å². The van der Waals surface area contributed by atoms with E-state index in [4.69, 9.17) is 11.2 Å². The standard InChI is InChI=1S/C20H25NO2/c1-4-20(22)11-8-18-19(20,2)10-7-17-16-6-5-15(23-3)13-14(16)9-12-21(17)18/h1,5-6,13,17-18,22H,7-12H2,2-3H3/t17-,18-,19+,20-/m0/s1. The Morgan fingerprint density at radius 1 is 1.35 bits per heavy atom. The van der Waals surface area contributed by atoms with Crippen molar-refractivity contribution in [3.8, 4) is 18.1 Å². The van der Waals surface area contributed by atoms with E-state index >= 15 is 0 Å². The van der Waals surface area contributed by atoms with Crippen LogP contribution in [-0.4, -0.2) is 35.3 Å². The zero-order valence-electron chi connectivity index (χ0n) is 14.0. The Labute approximate surface area is 138 Å². The monoisotopic (exact) mass is 311 g/mol. The van der Waals surface area contributed by atoms with Gasteiger partial charge in [-0.1, -0.05) is 18.9 Å². The molecule has 3 nitrogen and oxygen atoms in total. The van der Waals surface area contributed by atoms with Crippen molar-refractivity contribution < 1.29 is 9.84 Å². The maximum absolute atomic E-state index is 10.9. The average Bonchev–Trinajstić information content (AvgIpc) is 2.86. The molecule has 2 aliphatic heterocycles. The summed E-state index contributed by atoms with van der Waals surface area (Å²) in [7, 11) is 1.72. The largest absolute Gasteiger partial charge is 0.497 e.